The first-order chi connectivity index (χ1) is 24.8. The number of anilines is 5. The third-order valence-electron chi connectivity index (χ3n) is 6.83. The number of carbonyl (C=O) groups excluding carboxylic acids is 4. The van der Waals surface area contributed by atoms with E-state index in [4.69, 9.17) is 46.9 Å². The van der Waals surface area contributed by atoms with E-state index in [1.54, 1.807) is 59.7 Å². The van der Waals surface area contributed by atoms with Gasteiger partial charge < -0.3 is 29.0 Å². The van der Waals surface area contributed by atoms with Crippen molar-refractivity contribution in [2.24, 2.45) is 0 Å². The van der Waals surface area contributed by atoms with Crippen molar-refractivity contribution in [1.82, 2.24) is 9.97 Å². The molecule has 15 nitrogen and oxygen atoms in total. The average Bonchev–Trinajstić information content (AvgIpc) is 3.08. The van der Waals surface area contributed by atoms with Crippen LogP contribution in [0, 0.1) is 0 Å². The Labute approximate surface area is 318 Å². The molecule has 1 heterocycles. The van der Waals surface area contributed by atoms with Gasteiger partial charge >= 0.3 is 18.2 Å². The fraction of sp³-hybridized carbons (Fsp3) is 0.389. The number of ether oxygens (including phenoxy) is 5. The lowest BCUT2D eigenvalue weighted by Gasteiger charge is -2.31. The molecule has 3 rings (SSSR count). The minimum Gasteiger partial charge on any atom is -0.495 e. The van der Waals surface area contributed by atoms with Crippen molar-refractivity contribution < 1.29 is 42.9 Å². The summed E-state index contributed by atoms with van der Waals surface area (Å²) >= 11 is 13.3. The first-order valence-corrected chi connectivity index (χ1v) is 16.9. The van der Waals surface area contributed by atoms with E-state index in [0.717, 1.165) is 22.2 Å². The molecule has 1 N–H and O–H groups in total. The highest BCUT2D eigenvalue weighted by molar-refractivity contribution is 6.43. The van der Waals surface area contributed by atoms with Crippen molar-refractivity contribution in [1.29, 1.82) is 0 Å². The summed E-state index contributed by atoms with van der Waals surface area (Å²) < 4.78 is 27.6. The van der Waals surface area contributed by atoms with E-state index >= 15 is 0 Å². The van der Waals surface area contributed by atoms with Crippen molar-refractivity contribution in [2.75, 3.05) is 47.9 Å². The number of rotatable bonds is 11. The van der Waals surface area contributed by atoms with Gasteiger partial charge in [-0.2, -0.15) is 4.90 Å². The quantitative estimate of drug-likeness (QED) is 0.186. The number of amides is 5. The van der Waals surface area contributed by atoms with Crippen molar-refractivity contribution in [3.63, 3.8) is 0 Å². The van der Waals surface area contributed by atoms with Crippen LogP contribution in [0.4, 0.5) is 43.1 Å². The Morgan fingerprint density at radius 2 is 1.43 bits per heavy atom. The van der Waals surface area contributed by atoms with Gasteiger partial charge in [-0.1, -0.05) is 35.8 Å². The molecule has 0 aliphatic rings. The van der Waals surface area contributed by atoms with Gasteiger partial charge in [0, 0.05) is 25.8 Å². The number of methoxy groups -OCH3 is 2. The number of hydrogen-bond acceptors (Lipinski definition) is 11. The number of nitrogens with one attached hydrogen (secondary N) is 1. The number of carbonyl (C=O) groups is 4. The molecule has 0 saturated heterocycles. The summed E-state index contributed by atoms with van der Waals surface area (Å²) in [5.41, 5.74) is -1.23. The van der Waals surface area contributed by atoms with Crippen LogP contribution < -0.4 is 29.5 Å². The van der Waals surface area contributed by atoms with Gasteiger partial charge in [-0.3, -0.25) is 9.69 Å². The number of imide groups is 1. The Hall–Kier alpha value is -5.12. The van der Waals surface area contributed by atoms with Gasteiger partial charge in [0.25, 0.3) is 0 Å². The van der Waals surface area contributed by atoms with Gasteiger partial charge in [0.15, 0.2) is 0 Å². The molecule has 5 amide bonds. The first kappa shape index (κ1) is 42.3. The second-order valence-electron chi connectivity index (χ2n) is 13.1. The molecule has 17 heteroatoms. The van der Waals surface area contributed by atoms with E-state index in [-0.39, 0.29) is 56.8 Å². The molecule has 286 valence electrons. The van der Waals surface area contributed by atoms with Gasteiger partial charge in [0.2, 0.25) is 5.91 Å². The zero-order chi connectivity index (χ0) is 39.8. The molecule has 0 aliphatic carbocycles. The van der Waals surface area contributed by atoms with Crippen LogP contribution in [0.2, 0.25) is 10.0 Å². The van der Waals surface area contributed by atoms with E-state index in [1.807, 2.05) is 6.92 Å². The van der Waals surface area contributed by atoms with Crippen LogP contribution in [0.3, 0.4) is 0 Å². The summed E-state index contributed by atoms with van der Waals surface area (Å²) in [6, 6.07) is 6.60. The molecule has 0 bridgehead atoms. The molecule has 0 fully saturated rings. The van der Waals surface area contributed by atoms with E-state index in [9.17, 15) is 19.2 Å². The largest absolute Gasteiger partial charge is 0.495 e. The van der Waals surface area contributed by atoms with Crippen molar-refractivity contribution in [3.8, 4) is 11.5 Å². The van der Waals surface area contributed by atoms with E-state index in [1.165, 1.54) is 33.4 Å². The van der Waals surface area contributed by atoms with Crippen LogP contribution in [-0.4, -0.2) is 73.2 Å². The fourth-order valence-corrected chi connectivity index (χ4v) is 5.20. The van der Waals surface area contributed by atoms with Crippen molar-refractivity contribution in [3.05, 3.63) is 64.9 Å². The molecule has 3 aromatic rings. The van der Waals surface area contributed by atoms with Crippen LogP contribution in [0.25, 0.3) is 0 Å². The topological polar surface area (TPSA) is 162 Å². The highest BCUT2D eigenvalue weighted by atomic mass is 35.5. The molecule has 0 spiro atoms. The Bertz CT molecular complexity index is 1830. The summed E-state index contributed by atoms with van der Waals surface area (Å²) in [5.74, 6) is -0.606. The maximum Gasteiger partial charge on any atom is 0.423 e. The zero-order valence-corrected chi connectivity index (χ0v) is 32.8. The van der Waals surface area contributed by atoms with Crippen molar-refractivity contribution in [2.45, 2.75) is 66.3 Å². The number of benzene rings is 2. The molecule has 0 radical (unpaired) electrons. The molecule has 53 heavy (non-hydrogen) atoms. The Morgan fingerprint density at radius 3 is 1.96 bits per heavy atom. The second-order valence-corrected chi connectivity index (χ2v) is 13.9. The molecular weight excluding hydrogens is 731 g/mol. The lowest BCUT2D eigenvalue weighted by atomic mass is 10.1. The Balaban J connectivity index is 2.25. The minimum atomic E-state index is -1.13. The first-order valence-electron chi connectivity index (χ1n) is 16.2. The predicted molar refractivity (Wildman–Crippen MR) is 203 cm³/mol. The number of halogens is 2. The third kappa shape index (κ3) is 10.7. The Kier molecular flexibility index (Phi) is 14.0. The van der Waals surface area contributed by atoms with E-state index in [2.05, 4.69) is 21.9 Å². The van der Waals surface area contributed by atoms with Crippen LogP contribution in [0.1, 0.15) is 54.0 Å². The standard InChI is InChI=1S/C36H44Cl2N6O9/c1-12-28(45)41-22-16-21(19-51-13-2)14-15-23(22)43(33(47)52-35(3,4)5)27-18-26(39-20-40-27)42(9)32(46)44(34(48)53-36(6,7)8)31-29(37)24(49-10)17-25(50-11)30(31)38/h12,14-18,20H,1,13,19H2,2-11H3,(H,41,45). The number of aromatic nitrogens is 2. The van der Waals surface area contributed by atoms with Gasteiger partial charge in [0.1, 0.15) is 56.4 Å². The highest BCUT2D eigenvalue weighted by Crippen LogP contribution is 2.47. The maximum atomic E-state index is 14.4. The maximum absolute atomic E-state index is 14.4. The van der Waals surface area contributed by atoms with Crippen LogP contribution in [0.5, 0.6) is 11.5 Å². The molecule has 0 unspecified atom stereocenters. The second kappa shape index (κ2) is 17.6. The summed E-state index contributed by atoms with van der Waals surface area (Å²) in [6.45, 7) is 15.9. The number of urea groups is 1. The zero-order valence-electron chi connectivity index (χ0n) is 31.3. The van der Waals surface area contributed by atoms with Gasteiger partial charge in [-0.15, -0.1) is 0 Å². The molecule has 1 aromatic heterocycles. The number of hydrogen-bond donors (Lipinski definition) is 1. The van der Waals surface area contributed by atoms with Crippen LogP contribution in [-0.2, 0) is 25.6 Å². The van der Waals surface area contributed by atoms with E-state index < -0.39 is 35.3 Å². The van der Waals surface area contributed by atoms with Crippen molar-refractivity contribution >= 4 is 76.0 Å². The SMILES string of the molecule is C=CC(=O)Nc1cc(COCC)ccc1N(C(=O)OC(C)(C)C)c1cc(N(C)C(=O)N(C(=O)OC(C)(C)C)c2c(Cl)c(OC)cc(OC)c2Cl)ncn1. The van der Waals surface area contributed by atoms with Gasteiger partial charge in [0.05, 0.1) is 32.2 Å². The van der Waals surface area contributed by atoms with Gasteiger partial charge in [-0.05, 0) is 72.2 Å². The predicted octanol–water partition coefficient (Wildman–Crippen LogP) is 8.53. The highest BCUT2D eigenvalue weighted by Gasteiger charge is 2.37. The number of nitrogens with zero attached hydrogens (tertiary/aromatic N) is 5. The average molecular weight is 776 g/mol. The van der Waals surface area contributed by atoms with Gasteiger partial charge in [-0.25, -0.2) is 29.3 Å². The lowest BCUT2D eigenvalue weighted by Crippen LogP contribution is -2.48. The minimum absolute atomic E-state index is 0.0517. The molecular formula is C36H44Cl2N6O9. The summed E-state index contributed by atoms with van der Waals surface area (Å²) in [4.78, 5) is 65.9. The normalized spacial score (nSPS) is 11.2. The lowest BCUT2D eigenvalue weighted by molar-refractivity contribution is -0.111. The van der Waals surface area contributed by atoms with Crippen LogP contribution in [0.15, 0.2) is 49.3 Å². The molecule has 0 saturated carbocycles. The molecule has 2 aromatic carbocycles. The van der Waals surface area contributed by atoms with E-state index in [0.29, 0.717) is 17.1 Å². The smallest absolute Gasteiger partial charge is 0.423 e. The summed E-state index contributed by atoms with van der Waals surface area (Å²) in [7, 11) is 3.99. The monoisotopic (exact) mass is 774 g/mol. The Morgan fingerprint density at radius 1 is 0.868 bits per heavy atom. The summed E-state index contributed by atoms with van der Waals surface area (Å²) in [5, 5.41) is 2.35. The third-order valence-corrected chi connectivity index (χ3v) is 7.56. The molecule has 0 atom stereocenters. The molecule has 0 aliphatic heterocycles. The fourth-order valence-electron chi connectivity index (χ4n) is 4.53. The van der Waals surface area contributed by atoms with Crippen LogP contribution >= 0.6 is 23.2 Å². The summed E-state index contributed by atoms with van der Waals surface area (Å²) in [6.07, 6.45) is 0.171.